The Labute approximate surface area is 141 Å². The monoisotopic (exact) mass is 317 g/mol. The molecule has 0 saturated carbocycles. The molecule has 3 rings (SSSR count). The summed E-state index contributed by atoms with van der Waals surface area (Å²) < 4.78 is 5.88. The predicted molar refractivity (Wildman–Crippen MR) is 96.6 cm³/mol. The smallest absolute Gasteiger partial charge is 0.120 e. The second-order valence-electron chi connectivity index (χ2n) is 5.56. The van der Waals surface area contributed by atoms with E-state index >= 15 is 0 Å². The van der Waals surface area contributed by atoms with Crippen LogP contribution in [-0.2, 0) is 6.61 Å². The Kier molecular flexibility index (Phi) is 4.92. The average Bonchev–Trinajstić information content (AvgIpc) is 2.67. The van der Waals surface area contributed by atoms with Crippen molar-refractivity contribution in [2.75, 3.05) is 0 Å². The maximum absolute atomic E-state index is 8.84. The van der Waals surface area contributed by atoms with Crippen LogP contribution in [0.3, 0.4) is 0 Å². The molecule has 0 aromatic heterocycles. The van der Waals surface area contributed by atoms with Crippen LogP contribution in [0, 0.1) is 0 Å². The van der Waals surface area contributed by atoms with E-state index in [4.69, 9.17) is 9.94 Å². The van der Waals surface area contributed by atoms with E-state index in [1.807, 2.05) is 72.8 Å². The van der Waals surface area contributed by atoms with Crippen molar-refractivity contribution >= 4 is 5.71 Å². The molecule has 1 N–H and O–H groups in total. The van der Waals surface area contributed by atoms with E-state index in [2.05, 4.69) is 11.2 Å². The number of oxime groups is 1. The van der Waals surface area contributed by atoms with Crippen molar-refractivity contribution in [1.29, 1.82) is 0 Å². The molecule has 0 amide bonds. The molecule has 0 saturated heterocycles. The van der Waals surface area contributed by atoms with Crippen LogP contribution in [0.5, 0.6) is 5.75 Å². The number of ether oxygens (including phenoxy) is 1. The summed E-state index contributed by atoms with van der Waals surface area (Å²) in [6, 6.07) is 26.1. The van der Waals surface area contributed by atoms with Crippen LogP contribution < -0.4 is 4.74 Å². The van der Waals surface area contributed by atoms with Crippen LogP contribution in [0.2, 0.25) is 0 Å². The van der Waals surface area contributed by atoms with E-state index in [9.17, 15) is 0 Å². The fourth-order valence-electron chi connectivity index (χ4n) is 2.47. The van der Waals surface area contributed by atoms with Crippen LogP contribution in [0.4, 0.5) is 0 Å². The minimum atomic E-state index is 0.551. The highest BCUT2D eigenvalue weighted by atomic mass is 16.5. The molecule has 0 bridgehead atoms. The summed E-state index contributed by atoms with van der Waals surface area (Å²) >= 11 is 0. The minimum Gasteiger partial charge on any atom is -0.489 e. The van der Waals surface area contributed by atoms with Gasteiger partial charge in [-0.3, -0.25) is 0 Å². The van der Waals surface area contributed by atoms with Crippen LogP contribution >= 0.6 is 0 Å². The largest absolute Gasteiger partial charge is 0.489 e. The van der Waals surface area contributed by atoms with Gasteiger partial charge in [0.1, 0.15) is 12.4 Å². The molecule has 3 heteroatoms. The van der Waals surface area contributed by atoms with E-state index in [1.165, 1.54) is 0 Å². The first-order valence-electron chi connectivity index (χ1n) is 7.82. The second kappa shape index (κ2) is 7.47. The second-order valence-corrected chi connectivity index (χ2v) is 5.56. The number of benzene rings is 3. The maximum Gasteiger partial charge on any atom is 0.120 e. The molecular formula is C21H19NO2. The van der Waals surface area contributed by atoms with Gasteiger partial charge in [-0.25, -0.2) is 0 Å². The van der Waals surface area contributed by atoms with Gasteiger partial charge in [-0.05, 0) is 41.3 Å². The highest BCUT2D eigenvalue weighted by Gasteiger charge is 2.03. The van der Waals surface area contributed by atoms with Crippen molar-refractivity contribution < 1.29 is 9.94 Å². The van der Waals surface area contributed by atoms with Crippen molar-refractivity contribution in [3.05, 3.63) is 90.0 Å². The molecule has 0 radical (unpaired) electrons. The molecule has 0 aliphatic heterocycles. The van der Waals surface area contributed by atoms with Gasteiger partial charge in [0.05, 0.1) is 5.71 Å². The fourth-order valence-corrected chi connectivity index (χ4v) is 2.47. The van der Waals surface area contributed by atoms with Crippen molar-refractivity contribution in [2.24, 2.45) is 5.16 Å². The molecule has 0 atom stereocenters. The summed E-state index contributed by atoms with van der Waals surface area (Å²) in [6.07, 6.45) is 0. The molecule has 3 nitrogen and oxygen atoms in total. The Morgan fingerprint density at radius 2 is 1.62 bits per heavy atom. The zero-order valence-electron chi connectivity index (χ0n) is 13.5. The standard InChI is InChI=1S/C21H19NO2/c1-16(22-23)18-10-12-19(13-11-18)20-8-5-9-21(14-20)24-15-17-6-3-2-4-7-17/h2-14,23H,15H2,1H3. The van der Waals surface area contributed by atoms with Crippen LogP contribution in [0.25, 0.3) is 11.1 Å². The average molecular weight is 317 g/mol. The number of hydrogen-bond acceptors (Lipinski definition) is 3. The van der Waals surface area contributed by atoms with Crippen LogP contribution in [-0.4, -0.2) is 10.9 Å². The Bertz CT molecular complexity index is 824. The van der Waals surface area contributed by atoms with Gasteiger partial charge in [0.2, 0.25) is 0 Å². The Morgan fingerprint density at radius 1 is 0.875 bits per heavy atom. The summed E-state index contributed by atoms with van der Waals surface area (Å²) in [7, 11) is 0. The molecule has 0 aliphatic rings. The quantitative estimate of drug-likeness (QED) is 0.402. The predicted octanol–water partition coefficient (Wildman–Crippen LogP) is 5.13. The van der Waals surface area contributed by atoms with E-state index in [0.717, 1.165) is 28.0 Å². The first-order chi connectivity index (χ1) is 11.8. The van der Waals surface area contributed by atoms with Crippen LogP contribution in [0.15, 0.2) is 84.0 Å². The van der Waals surface area contributed by atoms with E-state index in [0.29, 0.717) is 12.3 Å². The van der Waals surface area contributed by atoms with Gasteiger partial charge in [0.25, 0.3) is 0 Å². The van der Waals surface area contributed by atoms with E-state index < -0.39 is 0 Å². The fraction of sp³-hybridized carbons (Fsp3) is 0.0952. The molecule has 0 unspecified atom stereocenters. The van der Waals surface area contributed by atoms with Crippen molar-refractivity contribution in [1.82, 2.24) is 0 Å². The van der Waals surface area contributed by atoms with Crippen molar-refractivity contribution in [2.45, 2.75) is 13.5 Å². The van der Waals surface area contributed by atoms with Gasteiger partial charge in [-0.1, -0.05) is 71.9 Å². The van der Waals surface area contributed by atoms with Crippen molar-refractivity contribution in [3.8, 4) is 16.9 Å². The lowest BCUT2D eigenvalue weighted by Crippen LogP contribution is -1.95. The van der Waals surface area contributed by atoms with E-state index in [1.54, 1.807) is 6.92 Å². The summed E-state index contributed by atoms with van der Waals surface area (Å²) in [6.45, 7) is 2.32. The minimum absolute atomic E-state index is 0.551. The lowest BCUT2D eigenvalue weighted by Gasteiger charge is -2.09. The Hall–Kier alpha value is -3.07. The topological polar surface area (TPSA) is 41.8 Å². The van der Waals surface area contributed by atoms with Gasteiger partial charge in [0.15, 0.2) is 0 Å². The molecule has 0 heterocycles. The lowest BCUT2D eigenvalue weighted by molar-refractivity contribution is 0.306. The summed E-state index contributed by atoms with van der Waals surface area (Å²) in [5, 5.41) is 12.1. The molecule has 0 aliphatic carbocycles. The van der Waals surface area contributed by atoms with Gasteiger partial charge < -0.3 is 9.94 Å². The van der Waals surface area contributed by atoms with E-state index in [-0.39, 0.29) is 0 Å². The molecule has 120 valence electrons. The molecule has 0 fully saturated rings. The first kappa shape index (κ1) is 15.8. The third kappa shape index (κ3) is 3.82. The molecule has 0 spiro atoms. The number of rotatable bonds is 5. The highest BCUT2D eigenvalue weighted by molar-refractivity contribution is 5.98. The highest BCUT2D eigenvalue weighted by Crippen LogP contribution is 2.25. The van der Waals surface area contributed by atoms with Gasteiger partial charge in [-0.15, -0.1) is 0 Å². The number of hydrogen-bond donors (Lipinski definition) is 1. The zero-order valence-corrected chi connectivity index (χ0v) is 13.5. The van der Waals surface area contributed by atoms with Crippen molar-refractivity contribution in [3.63, 3.8) is 0 Å². The molecule has 3 aromatic carbocycles. The summed E-state index contributed by atoms with van der Waals surface area (Å²) in [5.74, 6) is 0.841. The Balaban J connectivity index is 1.75. The third-order valence-corrected chi connectivity index (χ3v) is 3.87. The zero-order chi connectivity index (χ0) is 16.8. The third-order valence-electron chi connectivity index (χ3n) is 3.87. The first-order valence-corrected chi connectivity index (χ1v) is 7.82. The molecular weight excluding hydrogens is 298 g/mol. The molecule has 3 aromatic rings. The summed E-state index contributed by atoms with van der Waals surface area (Å²) in [4.78, 5) is 0. The molecule has 24 heavy (non-hydrogen) atoms. The Morgan fingerprint density at radius 3 is 2.33 bits per heavy atom. The number of nitrogens with zero attached hydrogens (tertiary/aromatic N) is 1. The van der Waals surface area contributed by atoms with Gasteiger partial charge in [0, 0.05) is 0 Å². The normalized spacial score (nSPS) is 11.3. The lowest BCUT2D eigenvalue weighted by atomic mass is 10.0. The SMILES string of the molecule is CC(=NO)c1ccc(-c2cccc(OCc3ccccc3)c2)cc1. The maximum atomic E-state index is 8.84. The van der Waals surface area contributed by atoms with Crippen LogP contribution in [0.1, 0.15) is 18.1 Å². The summed E-state index contributed by atoms with van der Waals surface area (Å²) in [5.41, 5.74) is 4.82. The van der Waals surface area contributed by atoms with Gasteiger partial charge in [-0.2, -0.15) is 0 Å². The van der Waals surface area contributed by atoms with Gasteiger partial charge >= 0.3 is 0 Å².